The van der Waals surface area contributed by atoms with E-state index in [1.807, 2.05) is 6.07 Å². The fourth-order valence-electron chi connectivity index (χ4n) is 2.35. The molecule has 1 heterocycles. The molecule has 0 aromatic heterocycles. The van der Waals surface area contributed by atoms with Crippen molar-refractivity contribution in [2.45, 2.75) is 19.3 Å². The molecule has 0 spiro atoms. The van der Waals surface area contributed by atoms with Gasteiger partial charge in [-0.1, -0.05) is 0 Å². The van der Waals surface area contributed by atoms with Crippen molar-refractivity contribution in [2.24, 2.45) is 5.73 Å². The molecule has 22 heavy (non-hydrogen) atoms. The lowest BCUT2D eigenvalue weighted by molar-refractivity contribution is 0.386. The van der Waals surface area contributed by atoms with Gasteiger partial charge in [-0.15, -0.1) is 0 Å². The number of benzene rings is 1. The average molecular weight is 294 g/mol. The van der Waals surface area contributed by atoms with E-state index >= 15 is 0 Å². The number of allylic oxidation sites excluding steroid dienone is 3. The highest BCUT2D eigenvalue weighted by atomic mass is 19.1. The van der Waals surface area contributed by atoms with Crippen molar-refractivity contribution in [1.29, 1.82) is 15.8 Å². The van der Waals surface area contributed by atoms with Crippen LogP contribution < -0.4 is 10.5 Å². The first kappa shape index (κ1) is 15.1. The number of nitrogens with zero attached hydrogens (tertiary/aromatic N) is 3. The van der Waals surface area contributed by atoms with Gasteiger partial charge in [0.15, 0.2) is 0 Å². The van der Waals surface area contributed by atoms with E-state index in [0.717, 1.165) is 0 Å². The molecule has 2 N–H and O–H groups in total. The van der Waals surface area contributed by atoms with Gasteiger partial charge in [0.05, 0.1) is 5.57 Å². The lowest BCUT2D eigenvalue weighted by Crippen LogP contribution is -2.20. The first-order valence-electron chi connectivity index (χ1n) is 6.38. The lowest BCUT2D eigenvalue weighted by atomic mass is 9.83. The third kappa shape index (κ3) is 2.61. The van der Waals surface area contributed by atoms with Crippen molar-refractivity contribution in [1.82, 2.24) is 0 Å². The Bertz CT molecular complexity index is 802. The van der Waals surface area contributed by atoms with Crippen molar-refractivity contribution < 1.29 is 9.13 Å². The molecule has 1 aromatic rings. The Labute approximate surface area is 126 Å². The van der Waals surface area contributed by atoms with Crippen LogP contribution in [0.3, 0.4) is 0 Å². The van der Waals surface area contributed by atoms with Crippen LogP contribution in [0.25, 0.3) is 0 Å². The van der Waals surface area contributed by atoms with E-state index in [1.54, 1.807) is 19.1 Å². The number of ether oxygens (including phenoxy) is 1. The first-order chi connectivity index (χ1) is 10.5. The molecule has 1 unspecified atom stereocenters. The second-order valence-corrected chi connectivity index (χ2v) is 4.81. The Morgan fingerprint density at radius 3 is 2.59 bits per heavy atom. The molecular weight excluding hydrogens is 283 g/mol. The van der Waals surface area contributed by atoms with Gasteiger partial charge in [0.1, 0.15) is 35.3 Å². The van der Waals surface area contributed by atoms with E-state index in [4.69, 9.17) is 21.0 Å². The van der Waals surface area contributed by atoms with Crippen molar-refractivity contribution in [3.8, 4) is 24.0 Å². The fraction of sp³-hybridized carbons (Fsp3) is 0.188. The van der Waals surface area contributed by atoms with Crippen LogP contribution in [0.4, 0.5) is 4.39 Å². The quantitative estimate of drug-likeness (QED) is 0.844. The molecule has 0 radical (unpaired) electrons. The number of halogens is 1. The van der Waals surface area contributed by atoms with Gasteiger partial charge in [-0.3, -0.25) is 0 Å². The average Bonchev–Trinajstić information content (AvgIpc) is 2.49. The third-order valence-corrected chi connectivity index (χ3v) is 3.46. The van der Waals surface area contributed by atoms with E-state index in [-0.39, 0.29) is 23.5 Å². The molecule has 1 aliphatic heterocycles. The minimum Gasteiger partial charge on any atom is -0.440 e. The molecule has 5 nitrogen and oxygen atoms in total. The summed E-state index contributed by atoms with van der Waals surface area (Å²) in [7, 11) is 0. The Morgan fingerprint density at radius 2 is 2.00 bits per heavy atom. The van der Waals surface area contributed by atoms with Gasteiger partial charge in [-0.25, -0.2) is 4.39 Å². The van der Waals surface area contributed by atoms with Crippen LogP contribution in [0.2, 0.25) is 0 Å². The molecule has 2 rings (SSSR count). The van der Waals surface area contributed by atoms with Crippen LogP contribution in [0.15, 0.2) is 40.8 Å². The normalized spacial score (nSPS) is 15.7. The van der Waals surface area contributed by atoms with Crippen molar-refractivity contribution >= 4 is 0 Å². The van der Waals surface area contributed by atoms with Crippen LogP contribution >= 0.6 is 0 Å². The molecule has 108 valence electrons. The Morgan fingerprint density at radius 1 is 1.32 bits per heavy atom. The zero-order chi connectivity index (χ0) is 16.3. The molecule has 0 bridgehead atoms. The minimum absolute atomic E-state index is 0.0275. The number of hydrogen-bond donors (Lipinski definition) is 1. The standard InChI is InChI=1S/C16H11FN4O/c1-9(10(6-18)7-19)4-12-13-5-11(17)2-3-15(13)22-16(21)14(12)8-20/h2-3,5,12H,4,21H2,1H3. The Hall–Kier alpha value is -3.30. The summed E-state index contributed by atoms with van der Waals surface area (Å²) >= 11 is 0. The second-order valence-electron chi connectivity index (χ2n) is 4.81. The summed E-state index contributed by atoms with van der Waals surface area (Å²) in [5.74, 6) is -0.699. The number of nitrogens with two attached hydrogens (primary N) is 1. The highest BCUT2D eigenvalue weighted by Crippen LogP contribution is 2.41. The van der Waals surface area contributed by atoms with Gasteiger partial charge in [0.25, 0.3) is 0 Å². The van der Waals surface area contributed by atoms with Crippen LogP contribution in [0.5, 0.6) is 5.75 Å². The smallest absolute Gasteiger partial charge is 0.205 e. The van der Waals surface area contributed by atoms with Crippen molar-refractivity contribution in [2.75, 3.05) is 0 Å². The number of rotatable bonds is 2. The van der Waals surface area contributed by atoms with Crippen LogP contribution in [0.1, 0.15) is 24.8 Å². The van der Waals surface area contributed by atoms with Gasteiger partial charge in [0.2, 0.25) is 5.88 Å². The predicted octanol–water partition coefficient (Wildman–Crippen LogP) is 2.75. The zero-order valence-corrected chi connectivity index (χ0v) is 11.7. The maximum atomic E-state index is 13.5. The third-order valence-electron chi connectivity index (χ3n) is 3.46. The number of fused-ring (bicyclic) bond motifs is 1. The molecular formula is C16H11FN4O. The number of hydrogen-bond acceptors (Lipinski definition) is 5. The monoisotopic (exact) mass is 294 g/mol. The molecule has 0 saturated heterocycles. The lowest BCUT2D eigenvalue weighted by Gasteiger charge is -2.26. The summed E-state index contributed by atoms with van der Waals surface area (Å²) in [4.78, 5) is 0. The highest BCUT2D eigenvalue weighted by Gasteiger charge is 2.30. The topological polar surface area (TPSA) is 107 Å². The molecule has 0 saturated carbocycles. The van der Waals surface area contributed by atoms with E-state index in [1.165, 1.54) is 18.2 Å². The van der Waals surface area contributed by atoms with E-state index in [9.17, 15) is 9.65 Å². The second kappa shape index (κ2) is 5.99. The van der Waals surface area contributed by atoms with E-state index in [0.29, 0.717) is 16.9 Å². The summed E-state index contributed by atoms with van der Waals surface area (Å²) in [5, 5.41) is 27.1. The Balaban J connectivity index is 2.56. The summed E-state index contributed by atoms with van der Waals surface area (Å²) in [6.07, 6.45) is 0.208. The molecule has 1 aromatic carbocycles. The molecule has 1 atom stereocenters. The van der Waals surface area contributed by atoms with Crippen LogP contribution in [-0.2, 0) is 0 Å². The summed E-state index contributed by atoms with van der Waals surface area (Å²) in [6, 6.07) is 9.52. The largest absolute Gasteiger partial charge is 0.440 e. The van der Waals surface area contributed by atoms with Crippen LogP contribution in [-0.4, -0.2) is 0 Å². The Kier molecular flexibility index (Phi) is 4.11. The van der Waals surface area contributed by atoms with E-state index in [2.05, 4.69) is 0 Å². The maximum Gasteiger partial charge on any atom is 0.205 e. The fourth-order valence-corrected chi connectivity index (χ4v) is 2.35. The molecule has 1 aliphatic rings. The molecule has 0 fully saturated rings. The first-order valence-corrected chi connectivity index (χ1v) is 6.38. The number of nitriles is 3. The SMILES string of the molecule is CC(CC1C(C#N)=C(N)Oc2ccc(F)cc21)=C(C#N)C#N. The zero-order valence-electron chi connectivity index (χ0n) is 11.7. The maximum absolute atomic E-state index is 13.5. The molecule has 0 amide bonds. The molecule has 0 aliphatic carbocycles. The van der Waals surface area contributed by atoms with Crippen molar-refractivity contribution in [3.05, 3.63) is 52.2 Å². The predicted molar refractivity (Wildman–Crippen MR) is 75.1 cm³/mol. The van der Waals surface area contributed by atoms with Gasteiger partial charge >= 0.3 is 0 Å². The highest BCUT2D eigenvalue weighted by molar-refractivity contribution is 5.51. The minimum atomic E-state index is -0.554. The summed E-state index contributed by atoms with van der Waals surface area (Å²) in [5.41, 5.74) is 6.86. The van der Waals surface area contributed by atoms with Gasteiger partial charge in [-0.05, 0) is 37.1 Å². The summed E-state index contributed by atoms with van der Waals surface area (Å²) < 4.78 is 18.9. The van der Waals surface area contributed by atoms with Gasteiger partial charge in [-0.2, -0.15) is 15.8 Å². The summed E-state index contributed by atoms with van der Waals surface area (Å²) in [6.45, 7) is 1.63. The van der Waals surface area contributed by atoms with E-state index < -0.39 is 11.7 Å². The van der Waals surface area contributed by atoms with Gasteiger partial charge in [0, 0.05) is 11.5 Å². The molecule has 6 heteroatoms. The van der Waals surface area contributed by atoms with Gasteiger partial charge < -0.3 is 10.5 Å². The van der Waals surface area contributed by atoms with Crippen molar-refractivity contribution in [3.63, 3.8) is 0 Å². The van der Waals surface area contributed by atoms with Crippen LogP contribution in [0, 0.1) is 39.8 Å².